The smallest absolute Gasteiger partial charge is 0.291 e. The molecule has 2 aromatic rings. The number of terminal acetylenes is 1. The summed E-state index contributed by atoms with van der Waals surface area (Å²) in [5, 5.41) is 11.4. The Bertz CT molecular complexity index is 819. The minimum Gasteiger partial charge on any atom is -0.474 e. The highest BCUT2D eigenvalue weighted by molar-refractivity contribution is 9.10. The van der Waals surface area contributed by atoms with Crippen molar-refractivity contribution in [2.45, 2.75) is 6.10 Å². The van der Waals surface area contributed by atoms with Gasteiger partial charge in [0.05, 0.1) is 4.92 Å². The number of nitrogens with zero attached hydrogens (tertiary/aromatic N) is 1. The fraction of sp³-hybridized carbons (Fsp3) is 0.0588. The molecule has 3 rings (SSSR count). The summed E-state index contributed by atoms with van der Waals surface area (Å²) in [6.45, 7) is 0. The topological polar surface area (TPSA) is 52.4 Å². The number of halogens is 1. The second-order valence-corrected chi connectivity index (χ2v) is 5.69. The van der Waals surface area contributed by atoms with Crippen LogP contribution in [-0.2, 0) is 0 Å². The zero-order valence-corrected chi connectivity index (χ0v) is 12.9. The van der Waals surface area contributed by atoms with Crippen LogP contribution in [0.5, 0.6) is 5.75 Å². The zero-order chi connectivity index (χ0) is 15.7. The Morgan fingerprint density at radius 3 is 2.59 bits per heavy atom. The first-order valence-corrected chi connectivity index (χ1v) is 7.26. The Morgan fingerprint density at radius 1 is 1.23 bits per heavy atom. The van der Waals surface area contributed by atoms with E-state index in [2.05, 4.69) is 21.9 Å². The molecule has 1 atom stereocenters. The molecule has 0 bridgehead atoms. The summed E-state index contributed by atoms with van der Waals surface area (Å²) in [5.74, 6) is 3.09. The van der Waals surface area contributed by atoms with Gasteiger partial charge in [0.15, 0.2) is 0 Å². The van der Waals surface area contributed by atoms with Gasteiger partial charge in [-0.3, -0.25) is 10.1 Å². The largest absolute Gasteiger partial charge is 0.474 e. The molecule has 0 fully saturated rings. The van der Waals surface area contributed by atoms with Crippen LogP contribution in [0.1, 0.15) is 22.8 Å². The molecule has 1 aliphatic heterocycles. The third kappa shape index (κ3) is 2.61. The van der Waals surface area contributed by atoms with Crippen LogP contribution in [0.2, 0.25) is 0 Å². The van der Waals surface area contributed by atoms with Gasteiger partial charge in [-0.25, -0.2) is 0 Å². The molecule has 0 N–H and O–H groups in total. The lowest BCUT2D eigenvalue weighted by Gasteiger charge is -2.22. The van der Waals surface area contributed by atoms with Crippen molar-refractivity contribution < 1.29 is 9.66 Å². The van der Waals surface area contributed by atoms with Gasteiger partial charge in [0.1, 0.15) is 5.75 Å². The van der Waals surface area contributed by atoms with Crippen LogP contribution in [0.3, 0.4) is 0 Å². The summed E-state index contributed by atoms with van der Waals surface area (Å²) in [4.78, 5) is 11.0. The van der Waals surface area contributed by atoms with E-state index in [0.717, 1.165) is 10.0 Å². The molecule has 0 saturated heterocycles. The van der Waals surface area contributed by atoms with Crippen molar-refractivity contribution in [3.63, 3.8) is 0 Å². The van der Waals surface area contributed by atoms with Crippen LogP contribution < -0.4 is 4.74 Å². The van der Waals surface area contributed by atoms with E-state index in [0.29, 0.717) is 16.9 Å². The number of fused-ring (bicyclic) bond motifs is 1. The average molecular weight is 356 g/mol. The maximum atomic E-state index is 11.4. The van der Waals surface area contributed by atoms with Gasteiger partial charge in [-0.1, -0.05) is 34.0 Å². The maximum absolute atomic E-state index is 11.4. The summed E-state index contributed by atoms with van der Waals surface area (Å²) in [6, 6.07) is 12.4. The Kier molecular flexibility index (Phi) is 3.70. The third-order valence-corrected chi connectivity index (χ3v) is 3.91. The Morgan fingerprint density at radius 2 is 1.95 bits per heavy atom. The van der Waals surface area contributed by atoms with Gasteiger partial charge in [0.25, 0.3) is 5.70 Å². The number of ether oxygens (including phenoxy) is 1. The van der Waals surface area contributed by atoms with Gasteiger partial charge in [0.2, 0.25) is 6.10 Å². The van der Waals surface area contributed by atoms with Crippen LogP contribution in [0.25, 0.3) is 6.08 Å². The van der Waals surface area contributed by atoms with Gasteiger partial charge in [-0.2, -0.15) is 0 Å². The standard InChI is InChI=1S/C17H10BrNO3/c1-2-11-3-8-16-13(9-11)10-15(19(20)21)17(22-16)12-4-6-14(18)7-5-12/h1,3-10,17H. The number of hydrogen-bond donors (Lipinski definition) is 0. The average Bonchev–Trinajstić information content (AvgIpc) is 2.53. The lowest BCUT2D eigenvalue weighted by Crippen LogP contribution is -2.19. The number of hydrogen-bond acceptors (Lipinski definition) is 3. The second-order valence-electron chi connectivity index (χ2n) is 4.77. The second kappa shape index (κ2) is 5.66. The Balaban J connectivity index is 2.09. The molecule has 0 saturated carbocycles. The molecular weight excluding hydrogens is 346 g/mol. The molecule has 4 nitrogen and oxygen atoms in total. The van der Waals surface area contributed by atoms with Crippen molar-refractivity contribution in [1.82, 2.24) is 0 Å². The fourth-order valence-electron chi connectivity index (χ4n) is 2.31. The number of benzene rings is 2. The fourth-order valence-corrected chi connectivity index (χ4v) is 2.57. The summed E-state index contributed by atoms with van der Waals surface area (Å²) in [5.41, 5.74) is 1.99. The molecule has 0 aliphatic carbocycles. The normalized spacial score (nSPS) is 16.0. The van der Waals surface area contributed by atoms with Gasteiger partial charge in [-0.05, 0) is 30.3 Å². The molecule has 1 heterocycles. The van der Waals surface area contributed by atoms with Gasteiger partial charge in [0, 0.05) is 27.2 Å². The number of nitro groups is 1. The quantitative estimate of drug-likeness (QED) is 0.461. The van der Waals surface area contributed by atoms with Crippen molar-refractivity contribution in [2.75, 3.05) is 0 Å². The highest BCUT2D eigenvalue weighted by Crippen LogP contribution is 2.38. The van der Waals surface area contributed by atoms with Crippen LogP contribution in [0.4, 0.5) is 0 Å². The highest BCUT2D eigenvalue weighted by Gasteiger charge is 2.33. The summed E-state index contributed by atoms with van der Waals surface area (Å²) < 4.78 is 6.74. The molecule has 1 aliphatic rings. The first-order valence-electron chi connectivity index (χ1n) is 6.47. The van der Waals surface area contributed by atoms with Crippen molar-refractivity contribution >= 4 is 22.0 Å². The summed E-state index contributed by atoms with van der Waals surface area (Å²) in [6.07, 6.45) is 6.14. The third-order valence-electron chi connectivity index (χ3n) is 3.38. The van der Waals surface area contributed by atoms with E-state index in [1.54, 1.807) is 30.3 Å². The first kappa shape index (κ1) is 14.4. The zero-order valence-electron chi connectivity index (χ0n) is 11.3. The molecule has 0 spiro atoms. The summed E-state index contributed by atoms with van der Waals surface area (Å²) >= 11 is 3.35. The van der Waals surface area contributed by atoms with E-state index in [4.69, 9.17) is 11.2 Å². The van der Waals surface area contributed by atoms with E-state index in [-0.39, 0.29) is 5.70 Å². The molecule has 2 aromatic carbocycles. The molecule has 108 valence electrons. The lowest BCUT2D eigenvalue weighted by molar-refractivity contribution is -0.434. The van der Waals surface area contributed by atoms with Crippen molar-refractivity contribution in [1.29, 1.82) is 0 Å². The molecular formula is C17H10BrNO3. The summed E-state index contributed by atoms with van der Waals surface area (Å²) in [7, 11) is 0. The van der Waals surface area contributed by atoms with E-state index in [1.165, 1.54) is 6.08 Å². The highest BCUT2D eigenvalue weighted by atomic mass is 79.9. The number of rotatable bonds is 2. The van der Waals surface area contributed by atoms with E-state index in [9.17, 15) is 10.1 Å². The van der Waals surface area contributed by atoms with Crippen molar-refractivity contribution in [3.8, 4) is 18.1 Å². The predicted molar refractivity (Wildman–Crippen MR) is 86.9 cm³/mol. The molecule has 0 amide bonds. The Labute approximate surface area is 135 Å². The lowest BCUT2D eigenvalue weighted by atomic mass is 10.00. The minimum atomic E-state index is -0.743. The van der Waals surface area contributed by atoms with Crippen molar-refractivity contribution in [3.05, 3.63) is 79.4 Å². The minimum absolute atomic E-state index is 0.0102. The molecule has 22 heavy (non-hydrogen) atoms. The van der Waals surface area contributed by atoms with E-state index in [1.807, 2.05) is 12.1 Å². The van der Waals surface area contributed by atoms with Crippen molar-refractivity contribution in [2.24, 2.45) is 0 Å². The monoisotopic (exact) mass is 355 g/mol. The maximum Gasteiger partial charge on any atom is 0.291 e. The molecule has 5 heteroatoms. The predicted octanol–water partition coefficient (Wildman–Crippen LogP) is 4.18. The van der Waals surface area contributed by atoms with Crippen LogP contribution in [0.15, 0.2) is 52.6 Å². The SMILES string of the molecule is C#Cc1ccc2c(c1)C=C([N+](=O)[O-])C(c1ccc(Br)cc1)O2. The molecule has 1 unspecified atom stereocenters. The van der Waals surface area contributed by atoms with E-state index >= 15 is 0 Å². The van der Waals surface area contributed by atoms with Gasteiger partial charge in [-0.15, -0.1) is 6.42 Å². The molecule has 0 aromatic heterocycles. The first-order chi connectivity index (χ1) is 10.6. The Hall–Kier alpha value is -2.58. The van der Waals surface area contributed by atoms with E-state index < -0.39 is 11.0 Å². The molecule has 0 radical (unpaired) electrons. The van der Waals surface area contributed by atoms with Gasteiger partial charge >= 0.3 is 0 Å². The van der Waals surface area contributed by atoms with Crippen LogP contribution in [-0.4, -0.2) is 4.92 Å². The van der Waals surface area contributed by atoms with Gasteiger partial charge < -0.3 is 4.74 Å². The van der Waals surface area contributed by atoms with Crippen LogP contribution in [0, 0.1) is 22.5 Å². The van der Waals surface area contributed by atoms with Crippen LogP contribution >= 0.6 is 15.9 Å².